The van der Waals surface area contributed by atoms with Gasteiger partial charge in [0.1, 0.15) is 5.75 Å². The predicted octanol–water partition coefficient (Wildman–Crippen LogP) is 2.25. The Morgan fingerprint density at radius 3 is 2.64 bits per heavy atom. The van der Waals surface area contributed by atoms with Crippen molar-refractivity contribution in [3.05, 3.63) is 23.2 Å². The number of anilines is 1. The molecule has 0 spiro atoms. The molecule has 0 aromatic heterocycles. The third-order valence-electron chi connectivity index (χ3n) is 5.13. The van der Waals surface area contributed by atoms with Crippen LogP contribution in [0.2, 0.25) is 5.02 Å². The Kier molecular flexibility index (Phi) is 7.06. The molecule has 2 aliphatic rings. The molecule has 0 radical (unpaired) electrons. The van der Waals surface area contributed by atoms with E-state index < -0.39 is 16.1 Å². The second kappa shape index (κ2) is 9.33. The molecule has 1 saturated heterocycles. The van der Waals surface area contributed by atoms with E-state index in [-0.39, 0.29) is 12.5 Å². The molecule has 0 bridgehead atoms. The number of amides is 1. The molecule has 0 unspecified atom stereocenters. The van der Waals surface area contributed by atoms with Crippen LogP contribution in [-0.4, -0.2) is 64.3 Å². The van der Waals surface area contributed by atoms with Gasteiger partial charge in [0.15, 0.2) is 6.10 Å². The number of fused-ring (bicyclic) bond motifs is 1. The lowest BCUT2D eigenvalue weighted by Gasteiger charge is -2.34. The number of hydrogen-bond donors (Lipinski definition) is 1. The molecule has 2 aliphatic heterocycles. The summed E-state index contributed by atoms with van der Waals surface area (Å²) in [6.07, 6.45) is 6.17. The smallest absolute Gasteiger partial charge is 0.263 e. The minimum Gasteiger partial charge on any atom is -0.476 e. The monoisotopic (exact) mass is 429 g/mol. The maximum Gasteiger partial charge on any atom is 0.263 e. The molecule has 1 N–H and O–H groups in total. The number of halogens is 1. The van der Waals surface area contributed by atoms with Crippen molar-refractivity contribution in [2.75, 3.05) is 43.3 Å². The minimum absolute atomic E-state index is 0.0653. The second-order valence-corrected chi connectivity index (χ2v) is 9.76. The van der Waals surface area contributed by atoms with Crippen molar-refractivity contribution >= 4 is 33.2 Å². The molecule has 28 heavy (non-hydrogen) atoms. The van der Waals surface area contributed by atoms with E-state index in [1.807, 2.05) is 0 Å². The van der Waals surface area contributed by atoms with Crippen molar-refractivity contribution in [2.45, 2.75) is 38.2 Å². The van der Waals surface area contributed by atoms with Crippen molar-refractivity contribution < 1.29 is 17.9 Å². The number of likely N-dealkylation sites (tertiary alicyclic amines) is 1. The Morgan fingerprint density at radius 1 is 1.25 bits per heavy atom. The average molecular weight is 430 g/mol. The fourth-order valence-electron chi connectivity index (χ4n) is 3.66. The fraction of sp³-hybridized carbons (Fsp3) is 0.632. The summed E-state index contributed by atoms with van der Waals surface area (Å²) in [7, 11) is -3.56. The molecule has 2 heterocycles. The molecule has 1 fully saturated rings. The summed E-state index contributed by atoms with van der Waals surface area (Å²) in [4.78, 5) is 15.0. The minimum atomic E-state index is -3.56. The summed E-state index contributed by atoms with van der Waals surface area (Å²) < 4.78 is 31.3. The van der Waals surface area contributed by atoms with Gasteiger partial charge in [0.25, 0.3) is 5.91 Å². The predicted molar refractivity (Wildman–Crippen MR) is 111 cm³/mol. The maximum atomic E-state index is 12.6. The highest BCUT2D eigenvalue weighted by Crippen LogP contribution is 2.37. The van der Waals surface area contributed by atoms with Crippen molar-refractivity contribution in [1.82, 2.24) is 10.2 Å². The Morgan fingerprint density at radius 2 is 1.96 bits per heavy atom. The molecule has 0 saturated carbocycles. The van der Waals surface area contributed by atoms with Crippen molar-refractivity contribution in [3.8, 4) is 5.75 Å². The number of carbonyl (C=O) groups is 1. The molecule has 9 heteroatoms. The first-order valence-electron chi connectivity index (χ1n) is 9.78. The van der Waals surface area contributed by atoms with Crippen LogP contribution in [0.4, 0.5) is 5.69 Å². The van der Waals surface area contributed by atoms with Gasteiger partial charge in [-0.2, -0.15) is 0 Å². The van der Waals surface area contributed by atoms with Gasteiger partial charge in [0.2, 0.25) is 10.0 Å². The number of ether oxygens (including phenoxy) is 1. The van der Waals surface area contributed by atoms with Crippen LogP contribution in [0.25, 0.3) is 0 Å². The summed E-state index contributed by atoms with van der Waals surface area (Å²) in [5, 5.41) is 3.29. The molecular weight excluding hydrogens is 402 g/mol. The molecule has 156 valence electrons. The van der Waals surface area contributed by atoms with Crippen LogP contribution in [-0.2, 0) is 14.8 Å². The highest BCUT2D eigenvalue weighted by Gasteiger charge is 2.35. The summed E-state index contributed by atoms with van der Waals surface area (Å²) in [6, 6.07) is 4.74. The zero-order chi connectivity index (χ0) is 20.1. The normalized spacial score (nSPS) is 20.8. The number of nitrogens with zero attached hydrogens (tertiary/aromatic N) is 2. The summed E-state index contributed by atoms with van der Waals surface area (Å²) >= 11 is 5.99. The topological polar surface area (TPSA) is 79.0 Å². The van der Waals surface area contributed by atoms with Crippen LogP contribution in [0.1, 0.15) is 32.1 Å². The molecule has 1 aromatic carbocycles. The van der Waals surface area contributed by atoms with Crippen LogP contribution in [0.15, 0.2) is 18.2 Å². The summed E-state index contributed by atoms with van der Waals surface area (Å²) in [5.41, 5.74) is 0.361. The molecule has 0 aliphatic carbocycles. The molecule has 1 aromatic rings. The van der Waals surface area contributed by atoms with E-state index in [1.54, 1.807) is 12.1 Å². The lowest BCUT2D eigenvalue weighted by molar-refractivity contribution is -0.127. The lowest BCUT2D eigenvalue weighted by atomic mass is 10.2. The number of rotatable bonds is 6. The zero-order valence-corrected chi connectivity index (χ0v) is 17.8. The van der Waals surface area contributed by atoms with Crippen LogP contribution in [0.3, 0.4) is 0 Å². The average Bonchev–Trinajstić information content (AvgIpc) is 2.92. The van der Waals surface area contributed by atoms with E-state index in [4.69, 9.17) is 16.3 Å². The van der Waals surface area contributed by atoms with Gasteiger partial charge in [0.05, 0.1) is 18.5 Å². The van der Waals surface area contributed by atoms with E-state index in [1.165, 1.54) is 36.1 Å². The lowest BCUT2D eigenvalue weighted by Crippen LogP contribution is -2.50. The van der Waals surface area contributed by atoms with E-state index in [2.05, 4.69) is 10.2 Å². The largest absolute Gasteiger partial charge is 0.476 e. The van der Waals surface area contributed by atoms with Gasteiger partial charge in [0, 0.05) is 11.6 Å². The van der Waals surface area contributed by atoms with Gasteiger partial charge < -0.3 is 15.0 Å². The van der Waals surface area contributed by atoms with Gasteiger partial charge >= 0.3 is 0 Å². The Labute approximate surface area is 172 Å². The molecule has 1 amide bonds. The molecule has 7 nitrogen and oxygen atoms in total. The number of benzene rings is 1. The van der Waals surface area contributed by atoms with Gasteiger partial charge in [-0.05, 0) is 57.1 Å². The van der Waals surface area contributed by atoms with Crippen LogP contribution >= 0.6 is 11.6 Å². The van der Waals surface area contributed by atoms with Crippen molar-refractivity contribution in [2.24, 2.45) is 0 Å². The Bertz CT molecular complexity index is 794. The van der Waals surface area contributed by atoms with Gasteiger partial charge in [-0.3, -0.25) is 9.10 Å². The van der Waals surface area contributed by atoms with Gasteiger partial charge in [-0.15, -0.1) is 0 Å². The fourth-order valence-corrected chi connectivity index (χ4v) is 4.74. The van der Waals surface area contributed by atoms with E-state index in [9.17, 15) is 13.2 Å². The zero-order valence-electron chi connectivity index (χ0n) is 16.2. The van der Waals surface area contributed by atoms with Gasteiger partial charge in [-0.25, -0.2) is 8.42 Å². The number of hydrogen-bond acceptors (Lipinski definition) is 5. The second-order valence-electron chi connectivity index (χ2n) is 7.41. The van der Waals surface area contributed by atoms with E-state index in [0.717, 1.165) is 32.3 Å². The van der Waals surface area contributed by atoms with Gasteiger partial charge in [-0.1, -0.05) is 24.4 Å². The quantitative estimate of drug-likeness (QED) is 0.701. The highest BCUT2D eigenvalue weighted by atomic mass is 35.5. The van der Waals surface area contributed by atoms with Crippen LogP contribution in [0, 0.1) is 0 Å². The van der Waals surface area contributed by atoms with E-state index in [0.29, 0.717) is 23.0 Å². The maximum absolute atomic E-state index is 12.6. The van der Waals surface area contributed by atoms with Crippen LogP contribution < -0.4 is 14.4 Å². The molecule has 3 rings (SSSR count). The van der Waals surface area contributed by atoms with Crippen molar-refractivity contribution in [3.63, 3.8) is 0 Å². The number of carbonyl (C=O) groups excluding carboxylic acids is 1. The first kappa shape index (κ1) is 21.2. The molecular formula is C19H28ClN3O4S. The SMILES string of the molecule is CS(=O)(=O)N1C[C@H](C(=O)NCCCN2CCCCCC2)Oc2ccc(Cl)cc21. The first-order chi connectivity index (χ1) is 13.3. The first-order valence-corrected chi connectivity index (χ1v) is 12.0. The Balaban J connectivity index is 1.56. The number of sulfonamides is 1. The third-order valence-corrected chi connectivity index (χ3v) is 6.51. The number of nitrogens with one attached hydrogen (secondary N) is 1. The van der Waals surface area contributed by atoms with E-state index >= 15 is 0 Å². The molecule has 1 atom stereocenters. The standard InChI is InChI=1S/C19H28ClN3O4S/c1-28(25,26)23-14-18(27-17-8-7-15(20)13-16(17)23)19(24)21-9-6-12-22-10-4-2-3-5-11-22/h7-8,13,18H,2-6,9-12,14H2,1H3,(H,21,24)/t18-/m1/s1. The third kappa shape index (κ3) is 5.52. The summed E-state index contributed by atoms with van der Waals surface area (Å²) in [6.45, 7) is 3.69. The van der Waals surface area contributed by atoms with Crippen LogP contribution in [0.5, 0.6) is 5.75 Å². The van der Waals surface area contributed by atoms with Crippen molar-refractivity contribution in [1.29, 1.82) is 0 Å². The Hall–Kier alpha value is -1.51. The highest BCUT2D eigenvalue weighted by molar-refractivity contribution is 7.92. The summed E-state index contributed by atoms with van der Waals surface area (Å²) in [5.74, 6) is 0.0379.